The van der Waals surface area contributed by atoms with Gasteiger partial charge in [0.05, 0.1) is 14.4 Å². The fraction of sp³-hybridized carbons (Fsp3) is 0.182. The van der Waals surface area contributed by atoms with Crippen LogP contribution in [0.25, 0.3) is 0 Å². The average molecular weight is 333 g/mol. The van der Waals surface area contributed by atoms with Gasteiger partial charge in [-0.1, -0.05) is 23.5 Å². The van der Waals surface area contributed by atoms with Crippen LogP contribution in [0.1, 0.15) is 11.3 Å². The number of benzene rings is 1. The summed E-state index contributed by atoms with van der Waals surface area (Å²) in [7, 11) is 0. The number of rotatable bonds is 3. The Morgan fingerprint density at radius 1 is 1.53 bits per heavy atom. The van der Waals surface area contributed by atoms with Crippen LogP contribution in [-0.2, 0) is 5.75 Å². The summed E-state index contributed by atoms with van der Waals surface area (Å²) < 4.78 is 14.9. The summed E-state index contributed by atoms with van der Waals surface area (Å²) in [6, 6.07) is 5.05. The molecule has 0 bridgehead atoms. The van der Waals surface area contributed by atoms with E-state index in [4.69, 9.17) is 5.73 Å². The molecule has 1 heterocycles. The molecule has 2 aromatic rings. The van der Waals surface area contributed by atoms with Gasteiger partial charge >= 0.3 is 0 Å². The third-order valence-corrected chi connectivity index (χ3v) is 5.45. The van der Waals surface area contributed by atoms with Crippen molar-refractivity contribution in [1.29, 1.82) is 0 Å². The highest BCUT2D eigenvalue weighted by Gasteiger charge is 2.09. The van der Waals surface area contributed by atoms with Gasteiger partial charge in [0.1, 0.15) is 5.82 Å². The lowest BCUT2D eigenvalue weighted by Gasteiger charge is -2.04. The average Bonchev–Trinajstić information content (AvgIpc) is 2.60. The van der Waals surface area contributed by atoms with Gasteiger partial charge in [-0.15, -0.1) is 11.8 Å². The van der Waals surface area contributed by atoms with Crippen molar-refractivity contribution in [1.82, 2.24) is 4.98 Å². The Labute approximate surface area is 116 Å². The number of thiazole rings is 1. The second-order valence-corrected chi connectivity index (χ2v) is 6.49. The van der Waals surface area contributed by atoms with Gasteiger partial charge in [-0.2, -0.15) is 0 Å². The number of hydrogen-bond donors (Lipinski definition) is 1. The van der Waals surface area contributed by atoms with Gasteiger partial charge in [-0.25, -0.2) is 9.37 Å². The molecule has 0 aliphatic carbocycles. The number of hydrogen-bond acceptors (Lipinski definition) is 4. The van der Waals surface area contributed by atoms with Crippen LogP contribution in [0.5, 0.6) is 0 Å². The third-order valence-electron chi connectivity index (χ3n) is 2.16. The largest absolute Gasteiger partial charge is 0.375 e. The summed E-state index contributed by atoms with van der Waals surface area (Å²) in [4.78, 5) is 4.15. The van der Waals surface area contributed by atoms with Gasteiger partial charge in [0, 0.05) is 5.75 Å². The molecule has 0 saturated heterocycles. The Hall–Kier alpha value is -0.590. The van der Waals surface area contributed by atoms with Crippen molar-refractivity contribution in [2.45, 2.75) is 16.9 Å². The molecule has 0 saturated carbocycles. The maximum Gasteiger partial charge on any atom is 0.181 e. The van der Waals surface area contributed by atoms with Crippen LogP contribution < -0.4 is 5.73 Å². The normalized spacial score (nSPS) is 10.8. The van der Waals surface area contributed by atoms with Crippen molar-refractivity contribution in [2.24, 2.45) is 0 Å². The van der Waals surface area contributed by atoms with Gasteiger partial charge < -0.3 is 5.73 Å². The molecule has 1 aromatic heterocycles. The van der Waals surface area contributed by atoms with Crippen LogP contribution in [-0.4, -0.2) is 4.98 Å². The summed E-state index contributed by atoms with van der Waals surface area (Å²) in [5.74, 6) is 0.463. The minimum atomic E-state index is -0.233. The maximum atomic E-state index is 13.3. The predicted molar refractivity (Wildman–Crippen MR) is 74.9 cm³/mol. The molecule has 0 aliphatic heterocycles. The predicted octanol–water partition coefficient (Wildman–Crippen LogP) is 4.23. The molecule has 0 unspecified atom stereocenters. The lowest BCUT2D eigenvalue weighted by atomic mass is 10.2. The first-order valence-electron chi connectivity index (χ1n) is 4.86. The molecule has 90 valence electrons. The highest BCUT2D eigenvalue weighted by Crippen LogP contribution is 2.34. The number of anilines is 1. The van der Waals surface area contributed by atoms with Gasteiger partial charge in [-0.3, -0.25) is 0 Å². The molecule has 2 nitrogen and oxygen atoms in total. The Kier molecular flexibility index (Phi) is 4.06. The molecule has 1 aromatic carbocycles. The number of nitrogen functional groups attached to an aromatic ring is 1. The molecule has 2 rings (SSSR count). The molecule has 0 radical (unpaired) electrons. The van der Waals surface area contributed by atoms with E-state index in [2.05, 4.69) is 20.9 Å². The highest BCUT2D eigenvalue weighted by atomic mass is 79.9. The van der Waals surface area contributed by atoms with Gasteiger partial charge in [-0.05, 0) is 34.5 Å². The van der Waals surface area contributed by atoms with Crippen molar-refractivity contribution in [3.8, 4) is 0 Å². The highest BCUT2D eigenvalue weighted by molar-refractivity contribution is 9.10. The van der Waals surface area contributed by atoms with Crippen LogP contribution in [0.15, 0.2) is 26.9 Å². The lowest BCUT2D eigenvalue weighted by molar-refractivity contribution is 0.619. The van der Waals surface area contributed by atoms with Gasteiger partial charge in [0.15, 0.2) is 5.13 Å². The topological polar surface area (TPSA) is 38.9 Å². The summed E-state index contributed by atoms with van der Waals surface area (Å²) in [6.45, 7) is 1.93. The summed E-state index contributed by atoms with van der Waals surface area (Å²) in [5.41, 5.74) is 7.49. The van der Waals surface area contributed by atoms with Crippen molar-refractivity contribution >= 4 is 44.2 Å². The first-order valence-corrected chi connectivity index (χ1v) is 7.46. The standard InChI is InChI=1S/C11H10BrFN2S2/c1-6-10(17-11(14)15-6)16-5-7-3-2-4-8(13)9(7)12/h2-4H,5H2,1H3,(H2,14,15). The zero-order valence-electron chi connectivity index (χ0n) is 9.04. The van der Waals surface area contributed by atoms with Crippen molar-refractivity contribution < 1.29 is 4.39 Å². The molecule has 6 heteroatoms. The molecule has 0 amide bonds. The van der Waals surface area contributed by atoms with Gasteiger partial charge in [0.2, 0.25) is 0 Å². The third kappa shape index (κ3) is 3.00. The number of aromatic nitrogens is 1. The van der Waals surface area contributed by atoms with E-state index in [-0.39, 0.29) is 5.82 Å². The lowest BCUT2D eigenvalue weighted by Crippen LogP contribution is -1.86. The van der Waals surface area contributed by atoms with E-state index in [1.165, 1.54) is 17.4 Å². The Morgan fingerprint density at radius 2 is 2.29 bits per heavy atom. The molecule has 0 aliphatic rings. The first kappa shape index (κ1) is 12.9. The number of nitrogens with two attached hydrogens (primary N) is 1. The molecule has 17 heavy (non-hydrogen) atoms. The van der Waals surface area contributed by atoms with Crippen molar-refractivity contribution in [3.05, 3.63) is 39.7 Å². The number of thioether (sulfide) groups is 1. The van der Waals surface area contributed by atoms with Crippen LogP contribution in [0.4, 0.5) is 9.52 Å². The van der Waals surface area contributed by atoms with E-state index in [1.807, 2.05) is 13.0 Å². The zero-order chi connectivity index (χ0) is 12.4. The van der Waals surface area contributed by atoms with E-state index in [0.717, 1.165) is 15.5 Å². The number of nitrogens with zero attached hydrogens (tertiary/aromatic N) is 1. The fourth-order valence-electron chi connectivity index (χ4n) is 1.34. The number of aryl methyl sites for hydroxylation is 1. The molecular formula is C11H10BrFN2S2. The quantitative estimate of drug-likeness (QED) is 0.855. The monoisotopic (exact) mass is 332 g/mol. The second kappa shape index (κ2) is 5.37. The van der Waals surface area contributed by atoms with E-state index in [0.29, 0.717) is 15.4 Å². The SMILES string of the molecule is Cc1nc(N)sc1SCc1cccc(F)c1Br. The Bertz CT molecular complexity index is 542. The molecule has 0 spiro atoms. The molecule has 2 N–H and O–H groups in total. The molecule has 0 atom stereocenters. The minimum absolute atomic E-state index is 0.233. The summed E-state index contributed by atoms with van der Waals surface area (Å²) in [5, 5.41) is 0.573. The molecule has 0 fully saturated rings. The van der Waals surface area contributed by atoms with Crippen molar-refractivity contribution in [2.75, 3.05) is 5.73 Å². The summed E-state index contributed by atoms with van der Waals surface area (Å²) >= 11 is 6.34. The fourth-order valence-corrected chi connectivity index (χ4v) is 3.95. The minimum Gasteiger partial charge on any atom is -0.375 e. The van der Waals surface area contributed by atoms with Crippen LogP contribution in [0.2, 0.25) is 0 Å². The molecular weight excluding hydrogens is 323 g/mol. The maximum absolute atomic E-state index is 13.3. The Morgan fingerprint density at radius 3 is 2.94 bits per heavy atom. The second-order valence-electron chi connectivity index (χ2n) is 3.43. The first-order chi connectivity index (χ1) is 8.08. The number of halogens is 2. The smallest absolute Gasteiger partial charge is 0.181 e. The van der Waals surface area contributed by atoms with E-state index in [9.17, 15) is 4.39 Å². The van der Waals surface area contributed by atoms with E-state index in [1.54, 1.807) is 17.8 Å². The Balaban J connectivity index is 2.12. The van der Waals surface area contributed by atoms with Crippen LogP contribution >= 0.6 is 39.0 Å². The summed E-state index contributed by atoms with van der Waals surface area (Å²) in [6.07, 6.45) is 0. The van der Waals surface area contributed by atoms with Crippen LogP contribution in [0, 0.1) is 12.7 Å². The van der Waals surface area contributed by atoms with Crippen LogP contribution in [0.3, 0.4) is 0 Å². The van der Waals surface area contributed by atoms with E-state index >= 15 is 0 Å². The van der Waals surface area contributed by atoms with Crippen molar-refractivity contribution in [3.63, 3.8) is 0 Å². The zero-order valence-corrected chi connectivity index (χ0v) is 12.3. The van der Waals surface area contributed by atoms with E-state index < -0.39 is 0 Å². The van der Waals surface area contributed by atoms with Gasteiger partial charge in [0.25, 0.3) is 0 Å².